The smallest absolute Gasteiger partial charge is 0.416 e. The number of likely N-dealkylation sites (tertiary alicyclic amines) is 1. The molecule has 0 spiro atoms. The van der Waals surface area contributed by atoms with Crippen LogP contribution in [0, 0.1) is 6.92 Å². The number of alkyl halides is 3. The third-order valence-electron chi connectivity index (χ3n) is 6.50. The molecule has 198 valence electrons. The topological polar surface area (TPSA) is 78.8 Å². The summed E-state index contributed by atoms with van der Waals surface area (Å²) in [6.07, 6.45) is 0.0840. The Hall–Kier alpha value is -3.04. The summed E-state index contributed by atoms with van der Waals surface area (Å²) in [5, 5.41) is 9.70. The third-order valence-corrected chi connectivity index (χ3v) is 6.50. The number of halogens is 3. The first-order valence-electron chi connectivity index (χ1n) is 12.4. The fourth-order valence-corrected chi connectivity index (χ4v) is 4.93. The highest BCUT2D eigenvalue weighted by Gasteiger charge is 2.41. The molecular formula is C26H35F3N4O3. The lowest BCUT2D eigenvalue weighted by Crippen LogP contribution is -2.57. The van der Waals surface area contributed by atoms with Crippen molar-refractivity contribution in [2.45, 2.75) is 97.3 Å². The number of anilines is 1. The second kappa shape index (κ2) is 11.3. The van der Waals surface area contributed by atoms with Crippen molar-refractivity contribution in [3.05, 3.63) is 47.3 Å². The molecule has 1 N–H and O–H groups in total. The van der Waals surface area contributed by atoms with Gasteiger partial charge in [-0.3, -0.25) is 0 Å². The first-order chi connectivity index (χ1) is 16.9. The highest BCUT2D eigenvalue weighted by atomic mass is 19.4. The van der Waals surface area contributed by atoms with Crippen molar-refractivity contribution in [3.8, 4) is 5.75 Å². The highest BCUT2D eigenvalue weighted by Crippen LogP contribution is 2.35. The van der Waals surface area contributed by atoms with Crippen LogP contribution in [0.1, 0.15) is 70.1 Å². The number of amides is 1. The van der Waals surface area contributed by atoms with Gasteiger partial charge in [-0.05, 0) is 64.2 Å². The molecule has 1 aliphatic rings. The Morgan fingerprint density at radius 2 is 1.72 bits per heavy atom. The van der Waals surface area contributed by atoms with Gasteiger partial charge in [0.05, 0.1) is 24.1 Å². The van der Waals surface area contributed by atoms with Gasteiger partial charge in [0, 0.05) is 24.7 Å². The van der Waals surface area contributed by atoms with Crippen molar-refractivity contribution >= 4 is 12.0 Å². The Labute approximate surface area is 210 Å². The van der Waals surface area contributed by atoms with E-state index in [1.807, 2.05) is 37.5 Å². The fraction of sp³-hybridized carbons (Fsp3) is 0.577. The molecule has 0 bridgehead atoms. The maximum absolute atomic E-state index is 13.5. The van der Waals surface area contributed by atoms with Crippen LogP contribution in [0.3, 0.4) is 0 Å². The lowest BCUT2D eigenvalue weighted by Gasteiger charge is -2.47. The predicted molar refractivity (Wildman–Crippen MR) is 131 cm³/mol. The summed E-state index contributed by atoms with van der Waals surface area (Å²) in [5.41, 5.74) is 0.297. The molecule has 10 heteroatoms. The van der Waals surface area contributed by atoms with E-state index in [2.05, 4.69) is 9.97 Å². The Kier molecular flexibility index (Phi) is 8.68. The minimum absolute atomic E-state index is 0.0993. The van der Waals surface area contributed by atoms with Gasteiger partial charge in [-0.2, -0.15) is 13.2 Å². The SMILES string of the molecule is CC[C@@H]1CC(N(Cc2cc(C)cc(C(F)(F)F)c2)c2ncc(O)cn2)C[C@H](CC)N1C(=O)OC(C)C. The second-order valence-electron chi connectivity index (χ2n) is 9.66. The molecule has 0 aliphatic carbocycles. The number of aromatic nitrogens is 2. The zero-order chi connectivity index (χ0) is 26.6. The van der Waals surface area contributed by atoms with Crippen LogP contribution in [-0.2, 0) is 17.5 Å². The molecule has 1 aromatic heterocycles. The van der Waals surface area contributed by atoms with Crippen molar-refractivity contribution in [3.63, 3.8) is 0 Å². The lowest BCUT2D eigenvalue weighted by atomic mass is 9.87. The number of carbonyl (C=O) groups excluding carboxylic acids is 1. The second-order valence-corrected chi connectivity index (χ2v) is 9.66. The average molecular weight is 509 g/mol. The Morgan fingerprint density at radius 1 is 1.14 bits per heavy atom. The van der Waals surface area contributed by atoms with E-state index < -0.39 is 11.7 Å². The summed E-state index contributed by atoms with van der Waals surface area (Å²) in [7, 11) is 0. The number of rotatable bonds is 7. The number of hydrogen-bond donors (Lipinski definition) is 1. The molecule has 7 nitrogen and oxygen atoms in total. The summed E-state index contributed by atoms with van der Waals surface area (Å²) in [6.45, 7) is 9.43. The van der Waals surface area contributed by atoms with Crippen LogP contribution in [0.15, 0.2) is 30.6 Å². The van der Waals surface area contributed by atoms with Crippen molar-refractivity contribution in [2.24, 2.45) is 0 Å². The van der Waals surface area contributed by atoms with Gasteiger partial charge >= 0.3 is 12.3 Å². The fourth-order valence-electron chi connectivity index (χ4n) is 4.93. The van der Waals surface area contributed by atoms with Crippen molar-refractivity contribution in [1.82, 2.24) is 14.9 Å². The van der Waals surface area contributed by atoms with Crippen LogP contribution in [0.25, 0.3) is 0 Å². The minimum atomic E-state index is -4.45. The maximum atomic E-state index is 13.5. The molecule has 1 saturated heterocycles. The maximum Gasteiger partial charge on any atom is 0.416 e. The summed E-state index contributed by atoms with van der Waals surface area (Å²) in [4.78, 5) is 25.2. The molecule has 3 rings (SSSR count). The van der Waals surface area contributed by atoms with Gasteiger partial charge in [-0.25, -0.2) is 14.8 Å². The van der Waals surface area contributed by atoms with E-state index >= 15 is 0 Å². The molecule has 1 fully saturated rings. The summed E-state index contributed by atoms with van der Waals surface area (Å²) in [5.74, 6) is 0.216. The molecule has 2 aromatic rings. The molecule has 2 heterocycles. The van der Waals surface area contributed by atoms with Crippen LogP contribution in [0.4, 0.5) is 23.9 Å². The summed E-state index contributed by atoms with van der Waals surface area (Å²) < 4.78 is 46.0. The van der Waals surface area contributed by atoms with E-state index in [1.165, 1.54) is 12.4 Å². The van der Waals surface area contributed by atoms with E-state index in [0.717, 1.165) is 12.1 Å². The Balaban J connectivity index is 1.98. The molecule has 1 amide bonds. The number of hydrogen-bond acceptors (Lipinski definition) is 6. The highest BCUT2D eigenvalue weighted by molar-refractivity contribution is 5.69. The lowest BCUT2D eigenvalue weighted by molar-refractivity contribution is -0.137. The summed E-state index contributed by atoms with van der Waals surface area (Å²) >= 11 is 0. The van der Waals surface area contributed by atoms with Crippen LogP contribution in [-0.4, -0.2) is 50.3 Å². The number of ether oxygens (including phenoxy) is 1. The minimum Gasteiger partial charge on any atom is -0.505 e. The number of carbonyl (C=O) groups is 1. The van der Waals surface area contributed by atoms with Gasteiger partial charge in [-0.15, -0.1) is 0 Å². The Morgan fingerprint density at radius 3 is 2.22 bits per heavy atom. The van der Waals surface area contributed by atoms with E-state index in [4.69, 9.17) is 4.74 Å². The van der Waals surface area contributed by atoms with Crippen molar-refractivity contribution in [1.29, 1.82) is 0 Å². The molecule has 1 aliphatic heterocycles. The normalized spacial score (nSPS) is 20.5. The van der Waals surface area contributed by atoms with Crippen molar-refractivity contribution < 1.29 is 27.8 Å². The van der Waals surface area contributed by atoms with Gasteiger partial charge in [0.15, 0.2) is 5.75 Å². The first-order valence-corrected chi connectivity index (χ1v) is 12.4. The van der Waals surface area contributed by atoms with Crippen LogP contribution < -0.4 is 4.90 Å². The quantitative estimate of drug-likeness (QED) is 0.488. The van der Waals surface area contributed by atoms with Gasteiger partial charge in [0.1, 0.15) is 0 Å². The number of nitrogens with zero attached hydrogens (tertiary/aromatic N) is 4. The van der Waals surface area contributed by atoms with Crippen LogP contribution >= 0.6 is 0 Å². The van der Waals surface area contributed by atoms with E-state index in [9.17, 15) is 23.1 Å². The number of piperidine rings is 1. The molecular weight excluding hydrogens is 473 g/mol. The largest absolute Gasteiger partial charge is 0.505 e. The molecule has 3 atom stereocenters. The predicted octanol–water partition coefficient (Wildman–Crippen LogP) is 6.08. The van der Waals surface area contributed by atoms with Crippen LogP contribution in [0.2, 0.25) is 0 Å². The van der Waals surface area contributed by atoms with E-state index in [-0.39, 0.29) is 42.6 Å². The Bertz CT molecular complexity index is 1020. The monoisotopic (exact) mass is 508 g/mol. The number of aromatic hydroxyl groups is 1. The zero-order valence-corrected chi connectivity index (χ0v) is 21.4. The standard InChI is InChI=1S/C26H35F3N4O3/c1-6-20-11-22(12-21(7-2)33(20)25(35)36-16(3)4)32(24-30-13-23(34)14-31-24)15-18-8-17(5)9-19(10-18)26(27,28)29/h8-10,13-14,16,20-22,34H,6-7,11-12,15H2,1-5H3/t20-,21+,22?. The molecule has 0 radical (unpaired) electrons. The van der Waals surface area contributed by atoms with Gasteiger partial charge in [0.25, 0.3) is 0 Å². The van der Waals surface area contributed by atoms with E-state index in [0.29, 0.717) is 42.8 Å². The van der Waals surface area contributed by atoms with Gasteiger partial charge in [0.2, 0.25) is 5.95 Å². The van der Waals surface area contributed by atoms with Gasteiger partial charge < -0.3 is 19.6 Å². The number of benzene rings is 1. The molecule has 36 heavy (non-hydrogen) atoms. The third kappa shape index (κ3) is 6.59. The molecule has 1 aromatic carbocycles. The molecule has 1 unspecified atom stereocenters. The molecule has 0 saturated carbocycles. The average Bonchev–Trinajstić information content (AvgIpc) is 2.81. The van der Waals surface area contributed by atoms with Gasteiger partial charge in [-0.1, -0.05) is 25.5 Å². The number of aryl methyl sites for hydroxylation is 1. The first kappa shape index (κ1) is 27.5. The van der Waals surface area contributed by atoms with Crippen molar-refractivity contribution in [2.75, 3.05) is 4.90 Å². The summed E-state index contributed by atoms with van der Waals surface area (Å²) in [6, 6.07) is 3.66. The van der Waals surface area contributed by atoms with Crippen LogP contribution in [0.5, 0.6) is 5.75 Å². The van der Waals surface area contributed by atoms with E-state index in [1.54, 1.807) is 13.0 Å². The zero-order valence-electron chi connectivity index (χ0n) is 21.4.